The zero-order valence-electron chi connectivity index (χ0n) is 22.3. The van der Waals surface area contributed by atoms with Crippen molar-refractivity contribution in [3.63, 3.8) is 0 Å². The van der Waals surface area contributed by atoms with Crippen LogP contribution in [0, 0.1) is 6.92 Å². The number of hydrogen-bond acceptors (Lipinski definition) is 5. The molecule has 4 rings (SSSR count). The molecular formula is C31H34N4O3. The first-order valence-electron chi connectivity index (χ1n) is 12.9. The number of carbonyl (C=O) groups is 1. The van der Waals surface area contributed by atoms with Crippen molar-refractivity contribution in [3.05, 3.63) is 95.7 Å². The van der Waals surface area contributed by atoms with E-state index in [1.807, 2.05) is 85.9 Å². The number of nitrogens with zero attached hydrogens (tertiary/aromatic N) is 3. The lowest BCUT2D eigenvalue weighted by atomic mass is 10.0. The van der Waals surface area contributed by atoms with E-state index in [9.17, 15) is 4.79 Å². The Labute approximate surface area is 224 Å². The van der Waals surface area contributed by atoms with E-state index in [2.05, 4.69) is 31.3 Å². The molecule has 1 aromatic heterocycles. The number of rotatable bonds is 11. The van der Waals surface area contributed by atoms with Gasteiger partial charge in [0.1, 0.15) is 17.2 Å². The summed E-state index contributed by atoms with van der Waals surface area (Å²) < 4.78 is 13.3. The lowest BCUT2D eigenvalue weighted by molar-refractivity contribution is -0.123. The molecule has 3 aromatic carbocycles. The normalized spacial score (nSPS) is 11.2. The first kappa shape index (κ1) is 26.7. The largest absolute Gasteiger partial charge is 0.494 e. The molecule has 7 nitrogen and oxygen atoms in total. The van der Waals surface area contributed by atoms with Gasteiger partial charge in [-0.2, -0.15) is 10.2 Å². The summed E-state index contributed by atoms with van der Waals surface area (Å²) in [5, 5.41) is 9.00. The van der Waals surface area contributed by atoms with Gasteiger partial charge in [-0.15, -0.1) is 0 Å². The number of hydrazone groups is 1. The molecule has 196 valence electrons. The molecule has 0 fully saturated rings. The van der Waals surface area contributed by atoms with Gasteiger partial charge in [0.2, 0.25) is 0 Å². The van der Waals surface area contributed by atoms with Crippen LogP contribution in [0.3, 0.4) is 0 Å². The van der Waals surface area contributed by atoms with Crippen LogP contribution in [0.4, 0.5) is 0 Å². The molecule has 38 heavy (non-hydrogen) atoms. The zero-order valence-corrected chi connectivity index (χ0v) is 22.3. The minimum absolute atomic E-state index is 0.129. The maximum Gasteiger partial charge on any atom is 0.277 e. The Morgan fingerprint density at radius 3 is 2.53 bits per heavy atom. The first-order chi connectivity index (χ1) is 18.4. The maximum atomic E-state index is 12.5. The number of nitrogens with one attached hydrogen (secondary N) is 1. The van der Waals surface area contributed by atoms with E-state index in [0.717, 1.165) is 51.6 Å². The number of amides is 1. The molecule has 1 amide bonds. The predicted molar refractivity (Wildman–Crippen MR) is 151 cm³/mol. The second kappa shape index (κ2) is 12.7. The molecular weight excluding hydrogens is 476 g/mol. The lowest BCUT2D eigenvalue weighted by Gasteiger charge is -2.14. The molecule has 0 saturated carbocycles. The quantitative estimate of drug-likeness (QED) is 0.190. The van der Waals surface area contributed by atoms with Crippen LogP contribution in [0.25, 0.3) is 16.9 Å². The summed E-state index contributed by atoms with van der Waals surface area (Å²) in [5.74, 6) is 1.48. The number of carbonyl (C=O) groups excluding carboxylic acids is 1. The number of aryl methyl sites for hydroxylation is 1. The Bertz CT molecular complexity index is 1380. The molecule has 0 aliphatic rings. The molecule has 0 aliphatic carbocycles. The summed E-state index contributed by atoms with van der Waals surface area (Å²) >= 11 is 0. The first-order valence-corrected chi connectivity index (χ1v) is 12.9. The van der Waals surface area contributed by atoms with Gasteiger partial charge in [0, 0.05) is 17.3 Å². The number of ether oxygens (including phenoxy) is 2. The summed E-state index contributed by atoms with van der Waals surface area (Å²) in [6.45, 7) is 8.82. The third-order valence-electron chi connectivity index (χ3n) is 5.91. The SMILES string of the molecule is CCCOc1ccc(-c2nn(-c3ccccc3)cc2/C=N\NC(=O)COc2cc(C)ccc2C(C)C)cc1. The number of aromatic nitrogens is 2. The molecule has 0 aliphatic heterocycles. The van der Waals surface area contributed by atoms with Crippen LogP contribution in [-0.4, -0.2) is 35.1 Å². The van der Waals surface area contributed by atoms with Gasteiger partial charge in [0.25, 0.3) is 5.91 Å². The maximum absolute atomic E-state index is 12.5. The molecule has 7 heteroatoms. The van der Waals surface area contributed by atoms with E-state index in [0.29, 0.717) is 12.5 Å². The molecule has 4 aromatic rings. The summed E-state index contributed by atoms with van der Waals surface area (Å²) in [7, 11) is 0. The Kier molecular flexibility index (Phi) is 8.93. The van der Waals surface area contributed by atoms with E-state index in [-0.39, 0.29) is 12.5 Å². The molecule has 1 N–H and O–H groups in total. The predicted octanol–water partition coefficient (Wildman–Crippen LogP) is 6.29. The number of para-hydroxylation sites is 1. The van der Waals surface area contributed by atoms with Crippen LogP contribution < -0.4 is 14.9 Å². The second-order valence-electron chi connectivity index (χ2n) is 9.36. The van der Waals surface area contributed by atoms with E-state index in [1.54, 1.807) is 10.9 Å². The summed E-state index contributed by atoms with van der Waals surface area (Å²) in [5.41, 5.74) is 8.06. The van der Waals surface area contributed by atoms with E-state index in [4.69, 9.17) is 14.6 Å². The molecule has 0 atom stereocenters. The zero-order chi connectivity index (χ0) is 26.9. The molecule has 0 bridgehead atoms. The fourth-order valence-electron chi connectivity index (χ4n) is 3.94. The summed E-state index contributed by atoms with van der Waals surface area (Å²) in [6, 6.07) is 23.7. The van der Waals surface area contributed by atoms with Crippen LogP contribution in [0.15, 0.2) is 84.1 Å². The standard InChI is InChI=1S/C31H34N4O3/c1-5-17-37-27-14-12-24(13-15-27)31-25(20-35(34-31)26-9-7-6-8-10-26)19-32-33-30(36)21-38-29-18-23(4)11-16-28(29)22(2)3/h6-16,18-20,22H,5,17,21H2,1-4H3,(H,33,36)/b32-19-. The Morgan fingerprint density at radius 2 is 1.82 bits per heavy atom. The average molecular weight is 511 g/mol. The highest BCUT2D eigenvalue weighted by Crippen LogP contribution is 2.28. The number of benzene rings is 3. The van der Waals surface area contributed by atoms with Crippen molar-refractivity contribution in [1.29, 1.82) is 0 Å². The highest BCUT2D eigenvalue weighted by Gasteiger charge is 2.13. The average Bonchev–Trinajstić information content (AvgIpc) is 3.35. The van der Waals surface area contributed by atoms with Crippen LogP contribution in [0.2, 0.25) is 0 Å². The minimum Gasteiger partial charge on any atom is -0.494 e. The fourth-order valence-corrected chi connectivity index (χ4v) is 3.94. The third kappa shape index (κ3) is 6.88. The van der Waals surface area contributed by atoms with Gasteiger partial charge >= 0.3 is 0 Å². The van der Waals surface area contributed by atoms with Crippen molar-refractivity contribution in [2.75, 3.05) is 13.2 Å². The molecule has 0 saturated heterocycles. The highest BCUT2D eigenvalue weighted by atomic mass is 16.5. The molecule has 0 radical (unpaired) electrons. The van der Waals surface area contributed by atoms with Crippen molar-refractivity contribution in [2.45, 2.75) is 40.0 Å². The summed E-state index contributed by atoms with van der Waals surface area (Å²) in [4.78, 5) is 12.5. The van der Waals surface area contributed by atoms with Crippen molar-refractivity contribution in [1.82, 2.24) is 15.2 Å². The Hall–Kier alpha value is -4.39. The lowest BCUT2D eigenvalue weighted by Crippen LogP contribution is -2.25. The Morgan fingerprint density at radius 1 is 1.05 bits per heavy atom. The van der Waals surface area contributed by atoms with Crippen LogP contribution in [-0.2, 0) is 4.79 Å². The van der Waals surface area contributed by atoms with Crippen molar-refractivity contribution in [2.24, 2.45) is 5.10 Å². The van der Waals surface area contributed by atoms with Crippen molar-refractivity contribution >= 4 is 12.1 Å². The third-order valence-corrected chi connectivity index (χ3v) is 5.91. The van der Waals surface area contributed by atoms with Crippen LogP contribution in [0.5, 0.6) is 11.5 Å². The van der Waals surface area contributed by atoms with Gasteiger partial charge in [0.15, 0.2) is 6.61 Å². The van der Waals surface area contributed by atoms with Crippen LogP contribution in [0.1, 0.15) is 49.8 Å². The van der Waals surface area contributed by atoms with Gasteiger partial charge in [-0.1, -0.05) is 51.1 Å². The van der Waals surface area contributed by atoms with Gasteiger partial charge in [0.05, 0.1) is 18.5 Å². The Balaban J connectivity index is 1.49. The van der Waals surface area contributed by atoms with Gasteiger partial charge in [-0.25, -0.2) is 10.1 Å². The smallest absolute Gasteiger partial charge is 0.277 e. The van der Waals surface area contributed by atoms with Gasteiger partial charge in [-0.05, 0) is 72.9 Å². The molecule has 0 unspecified atom stereocenters. The highest BCUT2D eigenvalue weighted by molar-refractivity contribution is 5.89. The monoisotopic (exact) mass is 510 g/mol. The van der Waals surface area contributed by atoms with Crippen molar-refractivity contribution < 1.29 is 14.3 Å². The van der Waals surface area contributed by atoms with Crippen LogP contribution >= 0.6 is 0 Å². The molecule has 0 spiro atoms. The second-order valence-corrected chi connectivity index (χ2v) is 9.36. The fraction of sp³-hybridized carbons (Fsp3) is 0.258. The van der Waals surface area contributed by atoms with Gasteiger partial charge in [-0.3, -0.25) is 4.79 Å². The van der Waals surface area contributed by atoms with Crippen molar-refractivity contribution in [3.8, 4) is 28.4 Å². The van der Waals surface area contributed by atoms with E-state index >= 15 is 0 Å². The topological polar surface area (TPSA) is 77.7 Å². The minimum atomic E-state index is -0.341. The van der Waals surface area contributed by atoms with Gasteiger partial charge < -0.3 is 9.47 Å². The van der Waals surface area contributed by atoms with E-state index < -0.39 is 0 Å². The number of hydrogen-bond donors (Lipinski definition) is 1. The van der Waals surface area contributed by atoms with E-state index in [1.165, 1.54) is 0 Å². The molecule has 1 heterocycles. The summed E-state index contributed by atoms with van der Waals surface area (Å²) in [6.07, 6.45) is 4.44.